The number of halogens is 1. The molecule has 0 saturated carbocycles. The zero-order valence-electron chi connectivity index (χ0n) is 8.06. The summed E-state index contributed by atoms with van der Waals surface area (Å²) in [4.78, 5) is 4.26. The van der Waals surface area contributed by atoms with E-state index in [1.54, 1.807) is 17.5 Å². The summed E-state index contributed by atoms with van der Waals surface area (Å²) in [6.45, 7) is 0. The molecule has 0 radical (unpaired) electrons. The van der Waals surface area contributed by atoms with Crippen LogP contribution < -0.4 is 5.73 Å². The van der Waals surface area contributed by atoms with Gasteiger partial charge in [0.25, 0.3) is 0 Å². The zero-order valence-corrected chi connectivity index (χ0v) is 10.5. The van der Waals surface area contributed by atoms with E-state index in [1.165, 1.54) is 0 Å². The van der Waals surface area contributed by atoms with Gasteiger partial charge in [0.15, 0.2) is 0 Å². The van der Waals surface area contributed by atoms with Crippen molar-refractivity contribution in [3.8, 4) is 0 Å². The fraction of sp³-hybridized carbons (Fsp3) is 0.182. The van der Waals surface area contributed by atoms with E-state index in [9.17, 15) is 0 Å². The number of pyridine rings is 1. The number of aromatic nitrogens is 1. The van der Waals surface area contributed by atoms with Crippen molar-refractivity contribution < 1.29 is 0 Å². The smallest absolute Gasteiger partial charge is 0.0701 e. The minimum Gasteiger partial charge on any atom is -0.324 e. The molecule has 0 aliphatic carbocycles. The highest BCUT2D eigenvalue weighted by Crippen LogP contribution is 2.25. The Morgan fingerprint density at radius 2 is 2.33 bits per heavy atom. The summed E-state index contributed by atoms with van der Waals surface area (Å²) in [5, 5.41) is 2.08. The third kappa shape index (κ3) is 2.87. The summed E-state index contributed by atoms with van der Waals surface area (Å²) >= 11 is 5.09. The van der Waals surface area contributed by atoms with E-state index in [4.69, 9.17) is 5.73 Å². The van der Waals surface area contributed by atoms with E-state index in [-0.39, 0.29) is 6.04 Å². The summed E-state index contributed by atoms with van der Waals surface area (Å²) in [6, 6.07) is 8.00. The van der Waals surface area contributed by atoms with Gasteiger partial charge in [0.1, 0.15) is 0 Å². The number of thiophene rings is 1. The molecule has 0 amide bonds. The Labute approximate surface area is 101 Å². The second-order valence-corrected chi connectivity index (χ2v) is 5.61. The lowest BCUT2D eigenvalue weighted by atomic mass is 10.1. The van der Waals surface area contributed by atoms with Crippen LogP contribution in [0.4, 0.5) is 0 Å². The lowest BCUT2D eigenvalue weighted by Gasteiger charge is -2.08. The molecule has 0 saturated heterocycles. The molecule has 0 bridgehead atoms. The summed E-state index contributed by atoms with van der Waals surface area (Å²) < 4.78 is 1.12. The average molecular weight is 283 g/mol. The van der Waals surface area contributed by atoms with Gasteiger partial charge in [0.2, 0.25) is 0 Å². The largest absolute Gasteiger partial charge is 0.324 e. The van der Waals surface area contributed by atoms with E-state index in [2.05, 4.69) is 32.4 Å². The highest BCUT2D eigenvalue weighted by Gasteiger charge is 2.09. The van der Waals surface area contributed by atoms with Gasteiger partial charge in [-0.2, -0.15) is 0 Å². The molecule has 2 aromatic heterocycles. The molecule has 0 aromatic carbocycles. The molecule has 4 heteroatoms. The van der Waals surface area contributed by atoms with Crippen LogP contribution in [0.15, 0.2) is 39.6 Å². The first-order valence-corrected chi connectivity index (χ1v) is 6.32. The summed E-state index contributed by atoms with van der Waals surface area (Å²) in [6.07, 6.45) is 2.58. The van der Waals surface area contributed by atoms with Gasteiger partial charge >= 0.3 is 0 Å². The van der Waals surface area contributed by atoms with Gasteiger partial charge in [-0.3, -0.25) is 4.98 Å². The Balaban J connectivity index is 2.07. The second-order valence-electron chi connectivity index (χ2n) is 3.32. The van der Waals surface area contributed by atoms with Crippen LogP contribution in [0.25, 0.3) is 0 Å². The van der Waals surface area contributed by atoms with Gasteiger partial charge in [-0.25, -0.2) is 0 Å². The van der Waals surface area contributed by atoms with Crippen LogP contribution in [-0.4, -0.2) is 4.98 Å². The van der Waals surface area contributed by atoms with Crippen molar-refractivity contribution in [1.29, 1.82) is 0 Å². The third-order valence-corrected chi connectivity index (χ3v) is 3.69. The molecular formula is C11H11BrN2S. The molecule has 1 unspecified atom stereocenters. The van der Waals surface area contributed by atoms with Gasteiger partial charge < -0.3 is 5.73 Å². The maximum Gasteiger partial charge on any atom is 0.0701 e. The minimum absolute atomic E-state index is 0.0300. The van der Waals surface area contributed by atoms with Crippen LogP contribution in [0, 0.1) is 0 Å². The molecule has 1 atom stereocenters. The lowest BCUT2D eigenvalue weighted by molar-refractivity contribution is 0.709. The van der Waals surface area contributed by atoms with E-state index in [0.717, 1.165) is 21.5 Å². The number of rotatable bonds is 3. The fourth-order valence-corrected chi connectivity index (χ4v) is 2.62. The average Bonchev–Trinajstić information content (AvgIpc) is 2.66. The minimum atomic E-state index is 0.0300. The van der Waals surface area contributed by atoms with Crippen molar-refractivity contribution in [2.24, 2.45) is 5.73 Å². The Bertz CT molecular complexity index is 427. The Morgan fingerprint density at radius 1 is 1.47 bits per heavy atom. The topological polar surface area (TPSA) is 38.9 Å². The van der Waals surface area contributed by atoms with Gasteiger partial charge in [-0.15, -0.1) is 11.3 Å². The molecule has 2 heterocycles. The van der Waals surface area contributed by atoms with Crippen LogP contribution in [0.5, 0.6) is 0 Å². The SMILES string of the molecule is NC(Cc1ccccn1)c1csc(Br)c1. The standard InChI is InChI=1S/C11H11BrN2S/c12-11-5-8(7-15-11)10(13)6-9-3-1-2-4-14-9/h1-5,7,10H,6,13H2. The molecule has 0 aliphatic heterocycles. The predicted octanol–water partition coefficient (Wildman–Crippen LogP) is 3.15. The highest BCUT2D eigenvalue weighted by molar-refractivity contribution is 9.11. The number of hydrogen-bond acceptors (Lipinski definition) is 3. The molecule has 2 rings (SSSR count). The summed E-state index contributed by atoms with van der Waals surface area (Å²) in [5.41, 5.74) is 8.29. The van der Waals surface area contributed by atoms with Crippen LogP contribution in [0.1, 0.15) is 17.3 Å². The predicted molar refractivity (Wildman–Crippen MR) is 66.9 cm³/mol. The molecule has 2 nitrogen and oxygen atoms in total. The number of nitrogens with zero attached hydrogens (tertiary/aromatic N) is 1. The number of nitrogens with two attached hydrogens (primary N) is 1. The van der Waals surface area contributed by atoms with E-state index in [0.29, 0.717) is 0 Å². The van der Waals surface area contributed by atoms with Gasteiger partial charge in [-0.05, 0) is 45.1 Å². The maximum absolute atomic E-state index is 6.09. The molecule has 0 aliphatic rings. The van der Waals surface area contributed by atoms with Crippen molar-refractivity contribution in [1.82, 2.24) is 4.98 Å². The molecule has 15 heavy (non-hydrogen) atoms. The van der Waals surface area contributed by atoms with Crippen molar-refractivity contribution in [2.75, 3.05) is 0 Å². The Morgan fingerprint density at radius 3 is 2.93 bits per heavy atom. The van der Waals surface area contributed by atoms with Crippen LogP contribution in [-0.2, 0) is 6.42 Å². The van der Waals surface area contributed by atoms with Crippen LogP contribution in [0.2, 0.25) is 0 Å². The van der Waals surface area contributed by atoms with Crippen LogP contribution in [0.3, 0.4) is 0 Å². The maximum atomic E-state index is 6.09. The molecule has 2 N–H and O–H groups in total. The summed E-state index contributed by atoms with van der Waals surface area (Å²) in [5.74, 6) is 0. The monoisotopic (exact) mass is 282 g/mol. The summed E-state index contributed by atoms with van der Waals surface area (Å²) in [7, 11) is 0. The quantitative estimate of drug-likeness (QED) is 0.939. The number of hydrogen-bond donors (Lipinski definition) is 1. The Hall–Kier alpha value is -0.710. The first kappa shape index (κ1) is 10.8. The van der Waals surface area contributed by atoms with Gasteiger partial charge in [0.05, 0.1) is 3.79 Å². The highest BCUT2D eigenvalue weighted by atomic mass is 79.9. The molecule has 2 aromatic rings. The second kappa shape index (κ2) is 4.88. The van der Waals surface area contributed by atoms with E-state index >= 15 is 0 Å². The molecule has 78 valence electrons. The van der Waals surface area contributed by atoms with E-state index < -0.39 is 0 Å². The lowest BCUT2D eigenvalue weighted by Crippen LogP contribution is -2.13. The molecular weight excluding hydrogens is 272 g/mol. The molecule has 0 spiro atoms. The zero-order chi connectivity index (χ0) is 10.7. The van der Waals surface area contributed by atoms with Crippen molar-refractivity contribution in [3.05, 3.63) is 50.9 Å². The van der Waals surface area contributed by atoms with Crippen molar-refractivity contribution in [3.63, 3.8) is 0 Å². The fourth-order valence-electron chi connectivity index (χ4n) is 1.38. The van der Waals surface area contributed by atoms with Crippen molar-refractivity contribution in [2.45, 2.75) is 12.5 Å². The third-order valence-electron chi connectivity index (χ3n) is 2.17. The normalized spacial score (nSPS) is 12.7. The first-order chi connectivity index (χ1) is 7.25. The first-order valence-electron chi connectivity index (χ1n) is 4.65. The van der Waals surface area contributed by atoms with Gasteiger partial charge in [0, 0.05) is 24.4 Å². The Kier molecular flexibility index (Phi) is 3.51. The molecule has 0 fully saturated rings. The van der Waals surface area contributed by atoms with Crippen LogP contribution >= 0.6 is 27.3 Å². The van der Waals surface area contributed by atoms with Crippen molar-refractivity contribution >= 4 is 27.3 Å². The van der Waals surface area contributed by atoms with E-state index in [1.807, 2.05) is 18.2 Å². The van der Waals surface area contributed by atoms with Gasteiger partial charge in [-0.1, -0.05) is 6.07 Å².